The molecule has 0 saturated heterocycles. The van der Waals surface area contributed by atoms with Gasteiger partial charge in [-0.05, 0) is 44.9 Å². The summed E-state index contributed by atoms with van der Waals surface area (Å²) in [7, 11) is 1.24. The average molecular weight is 839 g/mol. The summed E-state index contributed by atoms with van der Waals surface area (Å²) in [6.07, 6.45) is 50.6. The molecule has 0 aromatic rings. The van der Waals surface area contributed by atoms with Gasteiger partial charge >= 0.3 is 0 Å². The number of carbonyl (C=O) groups excluding carboxylic acids is 1. The van der Waals surface area contributed by atoms with Crippen LogP contribution < -0.4 is 10.2 Å². The van der Waals surface area contributed by atoms with Gasteiger partial charge in [0.1, 0.15) is 13.2 Å². The molecule has 1 amide bonds. The standard InChI is InChI=1S/C49H95N2O6P/c1-6-8-10-12-14-16-18-20-21-22-23-24-25-26-27-28-29-31-33-35-37-39-41-43-49(53)50-47(46-57-58(54,55)56-45-44-51(3,4)5)48(52)42-40-38-36-34-32-30-19-17-15-13-11-9-7-2/h15,17,32,34,40,42,47-48,52H,6-14,16,18-31,33,35-39,41,43-46H2,1-5H3,(H-,50,53,54,55)/b17-15+,34-32+,42-40+. The van der Waals surface area contributed by atoms with Gasteiger partial charge in [-0.25, -0.2) is 0 Å². The molecule has 0 bridgehead atoms. The maximum atomic E-state index is 12.9. The SMILES string of the molecule is CCCCC/C=C/CC/C=C/CC/C=C/C(O)C(COP(=O)([O-])OCC[N+](C)(C)C)NC(=O)CCCCCCCCCCCCCCCCCCCCCCCCC. The Hall–Kier alpha value is -1.28. The van der Waals surface area contributed by atoms with Gasteiger partial charge in [-0.3, -0.25) is 9.36 Å². The highest BCUT2D eigenvalue weighted by Crippen LogP contribution is 2.38. The van der Waals surface area contributed by atoms with Gasteiger partial charge < -0.3 is 28.8 Å². The van der Waals surface area contributed by atoms with Gasteiger partial charge in [0, 0.05) is 6.42 Å². The highest BCUT2D eigenvalue weighted by atomic mass is 31.2. The van der Waals surface area contributed by atoms with E-state index in [4.69, 9.17) is 9.05 Å². The zero-order valence-corrected chi connectivity index (χ0v) is 39.6. The van der Waals surface area contributed by atoms with Gasteiger partial charge in [-0.2, -0.15) is 0 Å². The summed E-state index contributed by atoms with van der Waals surface area (Å²) in [6.45, 7) is 4.60. The number of unbranched alkanes of at least 4 members (excludes halogenated alkanes) is 27. The van der Waals surface area contributed by atoms with Crippen molar-refractivity contribution in [3.63, 3.8) is 0 Å². The Bertz CT molecular complexity index is 1040. The molecule has 2 N–H and O–H groups in total. The number of nitrogens with zero attached hydrogens (tertiary/aromatic N) is 1. The Kier molecular flexibility index (Phi) is 40.2. The van der Waals surface area contributed by atoms with E-state index >= 15 is 0 Å². The fourth-order valence-electron chi connectivity index (χ4n) is 6.95. The number of likely N-dealkylation sites (N-methyl/N-ethyl adjacent to an activating group) is 1. The molecule has 58 heavy (non-hydrogen) atoms. The van der Waals surface area contributed by atoms with Crippen molar-refractivity contribution in [2.45, 2.75) is 231 Å². The Balaban J connectivity index is 4.27. The summed E-state index contributed by atoms with van der Waals surface area (Å²) in [5.41, 5.74) is 0. The van der Waals surface area contributed by atoms with Crippen LogP contribution in [0.15, 0.2) is 36.5 Å². The fourth-order valence-corrected chi connectivity index (χ4v) is 7.67. The number of carbonyl (C=O) groups is 1. The molecule has 0 fully saturated rings. The van der Waals surface area contributed by atoms with Crippen LogP contribution in [0.2, 0.25) is 0 Å². The molecule has 0 aliphatic rings. The summed E-state index contributed by atoms with van der Waals surface area (Å²) in [6, 6.07) is -0.905. The minimum absolute atomic E-state index is 0.00788. The second-order valence-electron chi connectivity index (χ2n) is 17.8. The molecule has 342 valence electrons. The van der Waals surface area contributed by atoms with E-state index in [1.54, 1.807) is 6.08 Å². The van der Waals surface area contributed by atoms with Crippen molar-refractivity contribution >= 4 is 13.7 Å². The zero-order chi connectivity index (χ0) is 42.8. The second kappa shape index (κ2) is 41.1. The lowest BCUT2D eigenvalue weighted by atomic mass is 10.0. The van der Waals surface area contributed by atoms with Gasteiger partial charge in [0.15, 0.2) is 0 Å². The highest BCUT2D eigenvalue weighted by molar-refractivity contribution is 7.45. The number of phosphoric ester groups is 1. The van der Waals surface area contributed by atoms with Gasteiger partial charge in [0.05, 0.1) is 39.9 Å². The molecule has 0 spiro atoms. The van der Waals surface area contributed by atoms with Crippen molar-refractivity contribution in [2.24, 2.45) is 0 Å². The van der Waals surface area contributed by atoms with Gasteiger partial charge in [0.2, 0.25) is 5.91 Å². The number of phosphoric acid groups is 1. The van der Waals surface area contributed by atoms with Crippen LogP contribution in [-0.4, -0.2) is 68.5 Å². The minimum atomic E-state index is -4.60. The Morgan fingerprint density at radius 2 is 0.966 bits per heavy atom. The van der Waals surface area contributed by atoms with Gasteiger partial charge in [-0.15, -0.1) is 0 Å². The quantitative estimate of drug-likeness (QED) is 0.0274. The van der Waals surface area contributed by atoms with Crippen molar-refractivity contribution in [1.82, 2.24) is 5.32 Å². The highest BCUT2D eigenvalue weighted by Gasteiger charge is 2.23. The number of hydrogen-bond acceptors (Lipinski definition) is 6. The first kappa shape index (κ1) is 56.7. The first-order valence-corrected chi connectivity index (χ1v) is 25.8. The third-order valence-electron chi connectivity index (χ3n) is 10.8. The maximum Gasteiger partial charge on any atom is 0.268 e. The zero-order valence-electron chi connectivity index (χ0n) is 38.8. The number of nitrogens with one attached hydrogen (secondary N) is 1. The molecule has 0 aromatic heterocycles. The van der Waals surface area contributed by atoms with Crippen LogP contribution in [0.4, 0.5) is 0 Å². The number of allylic oxidation sites excluding steroid dienone is 5. The number of aliphatic hydroxyl groups excluding tert-OH is 1. The normalized spacial score (nSPS) is 14.5. The van der Waals surface area contributed by atoms with E-state index in [-0.39, 0.29) is 12.5 Å². The Morgan fingerprint density at radius 3 is 1.40 bits per heavy atom. The Morgan fingerprint density at radius 1 is 0.586 bits per heavy atom. The average Bonchev–Trinajstić information content (AvgIpc) is 3.17. The summed E-state index contributed by atoms with van der Waals surface area (Å²) in [5.74, 6) is -0.210. The topological polar surface area (TPSA) is 108 Å². The molecule has 0 heterocycles. The van der Waals surface area contributed by atoms with Gasteiger partial charge in [-0.1, -0.05) is 204 Å². The number of amides is 1. The number of hydrogen-bond donors (Lipinski definition) is 2. The summed E-state index contributed by atoms with van der Waals surface area (Å²) < 4.78 is 23.2. The molecular formula is C49H95N2O6P. The Labute approximate surface area is 359 Å². The van der Waals surface area contributed by atoms with Crippen molar-refractivity contribution < 1.29 is 32.9 Å². The minimum Gasteiger partial charge on any atom is -0.756 e. The number of rotatable bonds is 44. The van der Waals surface area contributed by atoms with Crippen LogP contribution in [0.3, 0.4) is 0 Å². The maximum absolute atomic E-state index is 12.9. The van der Waals surface area contributed by atoms with Crippen LogP contribution in [0.1, 0.15) is 219 Å². The summed E-state index contributed by atoms with van der Waals surface area (Å²) in [5, 5.41) is 13.8. The van der Waals surface area contributed by atoms with E-state index in [0.29, 0.717) is 17.4 Å². The van der Waals surface area contributed by atoms with Crippen LogP contribution in [0, 0.1) is 0 Å². The molecule has 0 rings (SSSR count). The molecule has 0 radical (unpaired) electrons. The first-order chi connectivity index (χ1) is 28.0. The smallest absolute Gasteiger partial charge is 0.268 e. The molecule has 0 saturated carbocycles. The predicted octanol–water partition coefficient (Wildman–Crippen LogP) is 13.2. The molecule has 3 atom stereocenters. The van der Waals surface area contributed by atoms with Crippen LogP contribution >= 0.6 is 7.82 Å². The molecule has 9 heteroatoms. The third kappa shape index (κ3) is 42.8. The van der Waals surface area contributed by atoms with Gasteiger partial charge in [0.25, 0.3) is 7.82 Å². The van der Waals surface area contributed by atoms with E-state index in [1.165, 1.54) is 148 Å². The van der Waals surface area contributed by atoms with E-state index in [9.17, 15) is 19.4 Å². The second-order valence-corrected chi connectivity index (χ2v) is 19.2. The lowest BCUT2D eigenvalue weighted by Gasteiger charge is -2.29. The lowest BCUT2D eigenvalue weighted by Crippen LogP contribution is -2.45. The summed E-state index contributed by atoms with van der Waals surface area (Å²) in [4.78, 5) is 25.3. The monoisotopic (exact) mass is 839 g/mol. The van der Waals surface area contributed by atoms with Crippen LogP contribution in [-0.2, 0) is 18.4 Å². The van der Waals surface area contributed by atoms with Crippen LogP contribution in [0.5, 0.6) is 0 Å². The van der Waals surface area contributed by atoms with E-state index in [0.717, 1.165) is 51.4 Å². The molecule has 8 nitrogen and oxygen atoms in total. The van der Waals surface area contributed by atoms with Crippen molar-refractivity contribution in [1.29, 1.82) is 0 Å². The largest absolute Gasteiger partial charge is 0.756 e. The number of aliphatic hydroxyl groups is 1. The van der Waals surface area contributed by atoms with Crippen molar-refractivity contribution in [3.05, 3.63) is 36.5 Å². The molecule has 0 aliphatic carbocycles. The predicted molar refractivity (Wildman–Crippen MR) is 247 cm³/mol. The first-order valence-electron chi connectivity index (χ1n) is 24.4. The number of quaternary nitrogens is 1. The molecule has 3 unspecified atom stereocenters. The van der Waals surface area contributed by atoms with Crippen LogP contribution in [0.25, 0.3) is 0 Å². The van der Waals surface area contributed by atoms with Crippen molar-refractivity contribution in [2.75, 3.05) is 40.9 Å². The molecular weight excluding hydrogens is 744 g/mol. The third-order valence-corrected chi connectivity index (χ3v) is 11.8. The van der Waals surface area contributed by atoms with Crippen molar-refractivity contribution in [3.8, 4) is 0 Å². The van der Waals surface area contributed by atoms with E-state index < -0.39 is 26.6 Å². The fraction of sp³-hybridized carbons (Fsp3) is 0.857. The molecule has 0 aliphatic heterocycles. The summed E-state index contributed by atoms with van der Waals surface area (Å²) >= 11 is 0. The lowest BCUT2D eigenvalue weighted by molar-refractivity contribution is -0.870. The van der Waals surface area contributed by atoms with E-state index in [2.05, 4.69) is 43.5 Å². The van der Waals surface area contributed by atoms with E-state index in [1.807, 2.05) is 27.2 Å². The molecule has 0 aromatic carbocycles.